The van der Waals surface area contributed by atoms with E-state index in [1.54, 1.807) is 18.2 Å². The van der Waals surface area contributed by atoms with E-state index in [9.17, 15) is 4.79 Å². The lowest BCUT2D eigenvalue weighted by atomic mass is 9.89. The van der Waals surface area contributed by atoms with E-state index in [2.05, 4.69) is 6.92 Å². The Morgan fingerprint density at radius 2 is 1.89 bits per heavy atom. The van der Waals surface area contributed by atoms with Crippen molar-refractivity contribution in [1.82, 2.24) is 0 Å². The van der Waals surface area contributed by atoms with Gasteiger partial charge in [0.05, 0.1) is 16.1 Å². The zero-order valence-electron chi connectivity index (χ0n) is 11.0. The highest BCUT2D eigenvalue weighted by atomic mass is 35.5. The van der Waals surface area contributed by atoms with Gasteiger partial charge in [-0.15, -0.1) is 0 Å². The third-order valence-corrected chi connectivity index (χ3v) is 4.39. The third-order valence-electron chi connectivity index (χ3n) is 3.65. The van der Waals surface area contributed by atoms with Crippen LogP contribution in [0.3, 0.4) is 0 Å². The first kappa shape index (κ1) is 14.8. The standard InChI is InChI=1S/C15H18Cl2O2/c1-10-2-5-12(6-3-10)19-9-15(18)11-4-7-13(16)14(17)8-11/h4,7-8,10,12H,2-3,5-6,9H2,1H3. The molecule has 2 rings (SSSR count). The summed E-state index contributed by atoms with van der Waals surface area (Å²) in [6.07, 6.45) is 4.70. The Kier molecular flexibility index (Phi) is 5.26. The number of hydrogen-bond acceptors (Lipinski definition) is 2. The van der Waals surface area contributed by atoms with Crippen molar-refractivity contribution in [3.63, 3.8) is 0 Å². The number of hydrogen-bond donors (Lipinski definition) is 0. The largest absolute Gasteiger partial charge is 0.370 e. The van der Waals surface area contributed by atoms with Gasteiger partial charge in [-0.1, -0.05) is 30.1 Å². The van der Waals surface area contributed by atoms with Crippen LogP contribution in [0.1, 0.15) is 43.0 Å². The molecule has 0 amide bonds. The van der Waals surface area contributed by atoms with Gasteiger partial charge in [0.2, 0.25) is 0 Å². The molecule has 1 aliphatic rings. The van der Waals surface area contributed by atoms with E-state index in [1.165, 1.54) is 12.8 Å². The molecule has 0 aromatic heterocycles. The van der Waals surface area contributed by atoms with E-state index in [4.69, 9.17) is 27.9 Å². The molecule has 0 radical (unpaired) electrons. The summed E-state index contributed by atoms with van der Waals surface area (Å²) in [5.74, 6) is 0.739. The minimum absolute atomic E-state index is 0.0443. The van der Waals surface area contributed by atoms with Crippen molar-refractivity contribution in [2.75, 3.05) is 6.61 Å². The molecule has 0 saturated heterocycles. The predicted molar refractivity (Wildman–Crippen MR) is 78.2 cm³/mol. The zero-order valence-corrected chi connectivity index (χ0v) is 12.5. The summed E-state index contributed by atoms with van der Waals surface area (Å²) < 4.78 is 5.69. The number of Topliss-reactive ketones (excluding diaryl/α,β-unsaturated/α-hetero) is 1. The Morgan fingerprint density at radius 3 is 2.53 bits per heavy atom. The van der Waals surface area contributed by atoms with Crippen LogP contribution >= 0.6 is 23.2 Å². The molecule has 0 unspecified atom stereocenters. The van der Waals surface area contributed by atoms with E-state index in [1.807, 2.05) is 0 Å². The van der Waals surface area contributed by atoms with Crippen LogP contribution in [0.5, 0.6) is 0 Å². The van der Waals surface area contributed by atoms with Crippen LogP contribution in [0, 0.1) is 5.92 Å². The molecule has 1 fully saturated rings. The van der Waals surface area contributed by atoms with Gasteiger partial charge in [0.1, 0.15) is 6.61 Å². The first-order valence-electron chi connectivity index (χ1n) is 6.66. The number of carbonyl (C=O) groups excluding carboxylic acids is 1. The second-order valence-electron chi connectivity index (χ2n) is 5.24. The molecule has 1 aromatic carbocycles. The number of carbonyl (C=O) groups is 1. The zero-order chi connectivity index (χ0) is 13.8. The average molecular weight is 301 g/mol. The molecular weight excluding hydrogens is 283 g/mol. The van der Waals surface area contributed by atoms with Crippen LogP contribution in [0.25, 0.3) is 0 Å². The fraction of sp³-hybridized carbons (Fsp3) is 0.533. The normalized spacial score (nSPS) is 23.3. The number of rotatable bonds is 4. The van der Waals surface area contributed by atoms with E-state index < -0.39 is 0 Å². The lowest BCUT2D eigenvalue weighted by molar-refractivity contribution is 0.0217. The maximum atomic E-state index is 12.0. The Bertz CT molecular complexity index is 451. The Morgan fingerprint density at radius 1 is 1.21 bits per heavy atom. The van der Waals surface area contributed by atoms with Gasteiger partial charge in [0.15, 0.2) is 5.78 Å². The highest BCUT2D eigenvalue weighted by Gasteiger charge is 2.19. The van der Waals surface area contributed by atoms with Gasteiger partial charge in [-0.05, 0) is 49.8 Å². The van der Waals surface area contributed by atoms with Gasteiger partial charge in [0.25, 0.3) is 0 Å². The Balaban J connectivity index is 1.85. The van der Waals surface area contributed by atoms with Crippen LogP contribution in [-0.4, -0.2) is 18.5 Å². The number of benzene rings is 1. The minimum atomic E-state index is -0.0443. The highest BCUT2D eigenvalue weighted by molar-refractivity contribution is 6.42. The SMILES string of the molecule is CC1CCC(OCC(=O)c2ccc(Cl)c(Cl)c2)CC1. The fourth-order valence-electron chi connectivity index (χ4n) is 2.34. The maximum Gasteiger partial charge on any atom is 0.188 e. The summed E-state index contributed by atoms with van der Waals surface area (Å²) in [6.45, 7) is 2.38. The summed E-state index contributed by atoms with van der Waals surface area (Å²) in [4.78, 5) is 12.0. The van der Waals surface area contributed by atoms with Crippen molar-refractivity contribution in [2.45, 2.75) is 38.7 Å². The summed E-state index contributed by atoms with van der Waals surface area (Å²) in [5, 5.41) is 0.861. The first-order chi connectivity index (χ1) is 9.06. The van der Waals surface area contributed by atoms with Crippen LogP contribution in [0.4, 0.5) is 0 Å². The van der Waals surface area contributed by atoms with Crippen LogP contribution in [0.15, 0.2) is 18.2 Å². The Labute approximate surface area is 124 Å². The molecule has 104 valence electrons. The lowest BCUT2D eigenvalue weighted by Crippen LogP contribution is -2.23. The van der Waals surface area contributed by atoms with Crippen LogP contribution in [0.2, 0.25) is 10.0 Å². The molecule has 1 aliphatic carbocycles. The number of ether oxygens (including phenoxy) is 1. The van der Waals surface area contributed by atoms with Gasteiger partial charge < -0.3 is 4.74 Å². The highest BCUT2D eigenvalue weighted by Crippen LogP contribution is 2.26. The molecule has 0 atom stereocenters. The average Bonchev–Trinajstić information content (AvgIpc) is 2.41. The van der Waals surface area contributed by atoms with Gasteiger partial charge in [-0.2, -0.15) is 0 Å². The molecule has 0 spiro atoms. The summed E-state index contributed by atoms with van der Waals surface area (Å²) >= 11 is 11.7. The number of ketones is 1. The summed E-state index contributed by atoms with van der Waals surface area (Å²) in [7, 11) is 0. The second-order valence-corrected chi connectivity index (χ2v) is 6.06. The maximum absolute atomic E-state index is 12.0. The van der Waals surface area contributed by atoms with Crippen molar-refractivity contribution in [2.24, 2.45) is 5.92 Å². The summed E-state index contributed by atoms with van der Waals surface area (Å²) in [5.41, 5.74) is 0.554. The molecule has 0 heterocycles. The molecule has 4 heteroatoms. The van der Waals surface area contributed by atoms with Crippen molar-refractivity contribution in [1.29, 1.82) is 0 Å². The smallest absolute Gasteiger partial charge is 0.188 e. The van der Waals surface area contributed by atoms with Crippen molar-refractivity contribution in [3.8, 4) is 0 Å². The molecule has 1 aromatic rings. The van der Waals surface area contributed by atoms with Crippen LogP contribution in [-0.2, 0) is 4.74 Å². The molecule has 0 bridgehead atoms. The fourth-order valence-corrected chi connectivity index (χ4v) is 2.64. The molecular formula is C15H18Cl2O2. The predicted octanol–water partition coefficient (Wildman–Crippen LogP) is 4.77. The van der Waals surface area contributed by atoms with Crippen LogP contribution < -0.4 is 0 Å². The van der Waals surface area contributed by atoms with Gasteiger partial charge >= 0.3 is 0 Å². The molecule has 0 aliphatic heterocycles. The molecule has 0 N–H and O–H groups in total. The van der Waals surface area contributed by atoms with Gasteiger partial charge in [-0.3, -0.25) is 4.79 Å². The lowest BCUT2D eigenvalue weighted by Gasteiger charge is -2.25. The number of halogens is 2. The van der Waals surface area contributed by atoms with E-state index in [0.717, 1.165) is 18.8 Å². The quantitative estimate of drug-likeness (QED) is 0.749. The van der Waals surface area contributed by atoms with Crippen molar-refractivity contribution >= 4 is 29.0 Å². The van der Waals surface area contributed by atoms with E-state index in [-0.39, 0.29) is 18.5 Å². The minimum Gasteiger partial charge on any atom is -0.370 e. The third kappa shape index (κ3) is 4.20. The van der Waals surface area contributed by atoms with Gasteiger partial charge in [-0.25, -0.2) is 0 Å². The summed E-state index contributed by atoms with van der Waals surface area (Å²) in [6, 6.07) is 4.92. The monoisotopic (exact) mass is 300 g/mol. The molecule has 1 saturated carbocycles. The second kappa shape index (κ2) is 6.74. The van der Waals surface area contributed by atoms with E-state index in [0.29, 0.717) is 15.6 Å². The van der Waals surface area contributed by atoms with Crippen molar-refractivity contribution < 1.29 is 9.53 Å². The van der Waals surface area contributed by atoms with Crippen molar-refractivity contribution in [3.05, 3.63) is 33.8 Å². The first-order valence-corrected chi connectivity index (χ1v) is 7.41. The molecule has 2 nitrogen and oxygen atoms in total. The van der Waals surface area contributed by atoms with Gasteiger partial charge in [0, 0.05) is 5.56 Å². The Hall–Kier alpha value is -0.570. The molecule has 19 heavy (non-hydrogen) atoms. The van der Waals surface area contributed by atoms with E-state index >= 15 is 0 Å². The topological polar surface area (TPSA) is 26.3 Å².